The molecule has 4 rings (SSSR count). The van der Waals surface area contributed by atoms with Crippen LogP contribution in [0.5, 0.6) is 0 Å². The van der Waals surface area contributed by atoms with Gasteiger partial charge in [-0.25, -0.2) is 0 Å². The Morgan fingerprint density at radius 3 is 2.68 bits per heavy atom. The van der Waals surface area contributed by atoms with Crippen molar-refractivity contribution in [3.8, 4) is 6.07 Å². The van der Waals surface area contributed by atoms with Crippen molar-refractivity contribution in [2.24, 2.45) is 0 Å². The molecule has 28 heavy (non-hydrogen) atoms. The third-order valence-electron chi connectivity index (χ3n) is 5.36. The normalized spacial score (nSPS) is 15.2. The van der Waals surface area contributed by atoms with Crippen LogP contribution in [-0.2, 0) is 6.54 Å². The molecule has 3 aromatic rings. The second-order valence-corrected chi connectivity index (χ2v) is 7.32. The van der Waals surface area contributed by atoms with Crippen molar-refractivity contribution in [2.45, 2.75) is 13.0 Å². The largest absolute Gasteiger partial charge is 0.342 e. The molecule has 1 fully saturated rings. The lowest BCUT2D eigenvalue weighted by molar-refractivity contribution is 0.245. The van der Waals surface area contributed by atoms with E-state index in [1.165, 1.54) is 16.6 Å². The molecule has 2 heterocycles. The molecule has 0 aliphatic carbocycles. The van der Waals surface area contributed by atoms with Gasteiger partial charge in [0, 0.05) is 56.4 Å². The Morgan fingerprint density at radius 1 is 1.07 bits per heavy atom. The Bertz CT molecular complexity index is 989. The number of benzene rings is 2. The van der Waals surface area contributed by atoms with Crippen LogP contribution in [0.4, 0.5) is 0 Å². The molecule has 1 N–H and O–H groups in total. The summed E-state index contributed by atoms with van der Waals surface area (Å²) in [6.07, 6.45) is 7.74. The molecule has 4 nitrogen and oxygen atoms in total. The smallest absolute Gasteiger partial charge is 0.0991 e. The number of hydrogen-bond donors (Lipinski definition) is 1. The first kappa shape index (κ1) is 18.5. The van der Waals surface area contributed by atoms with Crippen molar-refractivity contribution >= 4 is 17.0 Å². The maximum absolute atomic E-state index is 9.30. The number of hydrogen-bond acceptors (Lipinski definition) is 3. The van der Waals surface area contributed by atoms with E-state index >= 15 is 0 Å². The van der Waals surface area contributed by atoms with Gasteiger partial charge >= 0.3 is 0 Å². The minimum atomic E-state index is 0.709. The van der Waals surface area contributed by atoms with Crippen LogP contribution >= 0.6 is 0 Å². The number of aromatic nitrogens is 1. The summed E-state index contributed by atoms with van der Waals surface area (Å²) >= 11 is 0. The van der Waals surface area contributed by atoms with Gasteiger partial charge in [-0.1, -0.05) is 42.5 Å². The van der Waals surface area contributed by atoms with Gasteiger partial charge in [0.1, 0.15) is 0 Å². The Kier molecular flexibility index (Phi) is 5.86. The quantitative estimate of drug-likeness (QED) is 0.716. The van der Waals surface area contributed by atoms with Gasteiger partial charge < -0.3 is 14.8 Å². The first-order valence-electron chi connectivity index (χ1n) is 10.00. The third-order valence-corrected chi connectivity index (χ3v) is 5.36. The summed E-state index contributed by atoms with van der Waals surface area (Å²) in [7, 11) is 0. The number of rotatable bonds is 6. The Hall–Kier alpha value is -2.87. The lowest BCUT2D eigenvalue weighted by atomic mass is 10.1. The van der Waals surface area contributed by atoms with E-state index in [-0.39, 0.29) is 0 Å². The second kappa shape index (κ2) is 8.88. The van der Waals surface area contributed by atoms with E-state index in [1.54, 1.807) is 0 Å². The summed E-state index contributed by atoms with van der Waals surface area (Å²) in [4.78, 5) is 2.51. The second-order valence-electron chi connectivity index (χ2n) is 7.32. The molecule has 0 radical (unpaired) electrons. The van der Waals surface area contributed by atoms with Gasteiger partial charge in [-0.15, -0.1) is 0 Å². The minimum Gasteiger partial charge on any atom is -0.342 e. The summed E-state index contributed by atoms with van der Waals surface area (Å²) in [5, 5.41) is 13.8. The molecule has 0 atom stereocenters. The van der Waals surface area contributed by atoms with Gasteiger partial charge in [-0.3, -0.25) is 0 Å². The molecule has 1 aliphatic heterocycles. The highest BCUT2D eigenvalue weighted by Gasteiger charge is 2.09. The summed E-state index contributed by atoms with van der Waals surface area (Å²) in [6.45, 7) is 6.38. The molecule has 4 heteroatoms. The minimum absolute atomic E-state index is 0.709. The number of nitrogens with one attached hydrogen (secondary N) is 1. The van der Waals surface area contributed by atoms with Gasteiger partial charge in [0.05, 0.1) is 11.6 Å². The van der Waals surface area contributed by atoms with Crippen LogP contribution in [0.3, 0.4) is 0 Å². The fourth-order valence-corrected chi connectivity index (χ4v) is 3.84. The number of nitriles is 1. The Morgan fingerprint density at radius 2 is 1.89 bits per heavy atom. The molecule has 1 aromatic heterocycles. The maximum atomic E-state index is 9.30. The molecular formula is C24H26N4. The molecule has 0 saturated carbocycles. The molecule has 0 amide bonds. The lowest BCUT2D eigenvalue weighted by Gasteiger charge is -2.26. The van der Waals surface area contributed by atoms with Gasteiger partial charge in [-0.2, -0.15) is 5.26 Å². The zero-order valence-corrected chi connectivity index (χ0v) is 16.1. The van der Waals surface area contributed by atoms with Gasteiger partial charge in [0.25, 0.3) is 0 Å². The average Bonchev–Trinajstić information content (AvgIpc) is 3.09. The maximum Gasteiger partial charge on any atom is 0.0991 e. The Labute approximate surface area is 166 Å². The van der Waals surface area contributed by atoms with Gasteiger partial charge in [0.2, 0.25) is 0 Å². The van der Waals surface area contributed by atoms with E-state index in [2.05, 4.69) is 69.5 Å². The predicted molar refractivity (Wildman–Crippen MR) is 115 cm³/mol. The first-order valence-corrected chi connectivity index (χ1v) is 10.00. The molecular weight excluding hydrogens is 344 g/mol. The predicted octanol–water partition coefficient (Wildman–Crippen LogP) is 3.87. The van der Waals surface area contributed by atoms with Crippen LogP contribution in [-0.4, -0.2) is 42.2 Å². The Balaban J connectivity index is 1.55. The van der Waals surface area contributed by atoms with Crippen LogP contribution in [0.25, 0.3) is 17.0 Å². The van der Waals surface area contributed by atoms with E-state index in [1.807, 2.05) is 18.2 Å². The van der Waals surface area contributed by atoms with Gasteiger partial charge in [-0.05, 0) is 35.7 Å². The molecule has 1 saturated heterocycles. The van der Waals surface area contributed by atoms with Crippen molar-refractivity contribution in [2.75, 3.05) is 32.7 Å². The third kappa shape index (κ3) is 4.33. The standard InChI is InChI=1S/C24H26N4/c25-17-21-9-10-24-23(16-21)22(8-4-5-13-27-14-11-26-12-15-27)19-28(24)18-20-6-2-1-3-7-20/h1-4,6-10,16,19,26H,5,11-15,18H2. The summed E-state index contributed by atoms with van der Waals surface area (Å²) < 4.78 is 2.28. The highest BCUT2D eigenvalue weighted by molar-refractivity contribution is 5.90. The number of nitrogens with zero attached hydrogens (tertiary/aromatic N) is 3. The number of fused-ring (bicyclic) bond motifs is 1. The van der Waals surface area contributed by atoms with Crippen molar-refractivity contribution in [1.29, 1.82) is 5.26 Å². The van der Waals surface area contributed by atoms with E-state index in [0.29, 0.717) is 5.56 Å². The molecule has 0 bridgehead atoms. The fourth-order valence-electron chi connectivity index (χ4n) is 3.84. The zero-order valence-electron chi connectivity index (χ0n) is 16.1. The number of piperazine rings is 1. The molecule has 1 aliphatic rings. The SMILES string of the molecule is N#Cc1ccc2c(c1)c(C=CCCN1CCNCC1)cn2Cc1ccccc1. The zero-order chi connectivity index (χ0) is 19.2. The van der Waals surface area contributed by atoms with E-state index in [4.69, 9.17) is 0 Å². The van der Waals surface area contributed by atoms with E-state index in [0.717, 1.165) is 51.1 Å². The van der Waals surface area contributed by atoms with Crippen LogP contribution in [0.15, 0.2) is 60.8 Å². The van der Waals surface area contributed by atoms with Crippen molar-refractivity contribution < 1.29 is 0 Å². The summed E-state index contributed by atoms with van der Waals surface area (Å²) in [5.41, 5.74) is 4.34. The lowest BCUT2D eigenvalue weighted by Crippen LogP contribution is -2.43. The van der Waals surface area contributed by atoms with Crippen LogP contribution in [0.2, 0.25) is 0 Å². The highest BCUT2D eigenvalue weighted by Crippen LogP contribution is 2.25. The fraction of sp³-hybridized carbons (Fsp3) is 0.292. The van der Waals surface area contributed by atoms with E-state index < -0.39 is 0 Å². The molecule has 0 unspecified atom stereocenters. The van der Waals surface area contributed by atoms with Gasteiger partial charge in [0.15, 0.2) is 0 Å². The van der Waals surface area contributed by atoms with Crippen molar-refractivity contribution in [3.05, 3.63) is 77.5 Å². The van der Waals surface area contributed by atoms with Crippen LogP contribution in [0.1, 0.15) is 23.1 Å². The average molecular weight is 370 g/mol. The van der Waals surface area contributed by atoms with Crippen molar-refractivity contribution in [3.63, 3.8) is 0 Å². The molecule has 2 aromatic carbocycles. The summed E-state index contributed by atoms with van der Waals surface area (Å²) in [6, 6.07) is 18.7. The molecule has 142 valence electrons. The topological polar surface area (TPSA) is 44.0 Å². The highest BCUT2D eigenvalue weighted by atomic mass is 15.2. The first-order chi connectivity index (χ1) is 13.8. The molecule has 0 spiro atoms. The van der Waals surface area contributed by atoms with Crippen LogP contribution < -0.4 is 5.32 Å². The van der Waals surface area contributed by atoms with Crippen molar-refractivity contribution in [1.82, 2.24) is 14.8 Å². The monoisotopic (exact) mass is 370 g/mol. The summed E-state index contributed by atoms with van der Waals surface area (Å²) in [5.74, 6) is 0. The van der Waals surface area contributed by atoms with Crippen LogP contribution in [0, 0.1) is 11.3 Å². The van der Waals surface area contributed by atoms with E-state index in [9.17, 15) is 5.26 Å².